The predicted octanol–water partition coefficient (Wildman–Crippen LogP) is 2.39. The van der Waals surface area contributed by atoms with Crippen LogP contribution in [-0.2, 0) is 9.59 Å². The van der Waals surface area contributed by atoms with E-state index < -0.39 is 11.9 Å². The number of hydrogen-bond acceptors (Lipinski definition) is 2. The molecule has 0 aliphatic rings. The van der Waals surface area contributed by atoms with Crippen molar-refractivity contribution < 1.29 is 14.7 Å². The minimum Gasteiger partial charge on any atom is -0.478 e. The molecule has 1 unspecified atom stereocenters. The molecule has 0 fully saturated rings. The Balaban J connectivity index is 2.97. The number of aliphatic carboxylic acids is 1. The SMILES string of the molecule is CCC(=O)C(C=CC(=O)O)c1ccccc1. The molecule has 0 aromatic heterocycles. The van der Waals surface area contributed by atoms with Gasteiger partial charge in [-0.3, -0.25) is 4.79 Å². The van der Waals surface area contributed by atoms with Crippen molar-refractivity contribution in [3.63, 3.8) is 0 Å². The standard InChI is InChI=1S/C13H14O3/c1-2-12(14)11(8-9-13(15)16)10-6-4-3-5-7-10/h3-9,11H,2H2,1H3,(H,15,16). The van der Waals surface area contributed by atoms with Gasteiger partial charge in [0.15, 0.2) is 0 Å². The lowest BCUT2D eigenvalue weighted by Gasteiger charge is -2.10. The van der Waals surface area contributed by atoms with E-state index in [1.807, 2.05) is 30.3 Å². The van der Waals surface area contributed by atoms with Gasteiger partial charge in [-0.1, -0.05) is 43.3 Å². The molecule has 1 rings (SSSR count). The third kappa shape index (κ3) is 3.35. The molecule has 0 spiro atoms. The van der Waals surface area contributed by atoms with Crippen LogP contribution in [0, 0.1) is 0 Å². The maximum Gasteiger partial charge on any atom is 0.328 e. The van der Waals surface area contributed by atoms with E-state index in [9.17, 15) is 9.59 Å². The molecule has 0 saturated carbocycles. The molecule has 0 bridgehead atoms. The molecule has 3 nitrogen and oxygen atoms in total. The van der Waals surface area contributed by atoms with E-state index in [1.165, 1.54) is 6.08 Å². The predicted molar refractivity (Wildman–Crippen MR) is 61.3 cm³/mol. The van der Waals surface area contributed by atoms with Gasteiger partial charge in [0.05, 0.1) is 5.92 Å². The van der Waals surface area contributed by atoms with E-state index in [1.54, 1.807) is 6.92 Å². The summed E-state index contributed by atoms with van der Waals surface area (Å²) in [6.45, 7) is 1.77. The normalized spacial score (nSPS) is 12.6. The molecule has 84 valence electrons. The molecule has 3 heteroatoms. The van der Waals surface area contributed by atoms with Crippen LogP contribution >= 0.6 is 0 Å². The van der Waals surface area contributed by atoms with Crippen molar-refractivity contribution >= 4 is 11.8 Å². The van der Waals surface area contributed by atoms with Crippen LogP contribution in [0.1, 0.15) is 24.8 Å². The van der Waals surface area contributed by atoms with Gasteiger partial charge in [0.1, 0.15) is 5.78 Å². The largest absolute Gasteiger partial charge is 0.478 e. The fraction of sp³-hybridized carbons (Fsp3) is 0.231. The number of allylic oxidation sites excluding steroid dienone is 1. The van der Waals surface area contributed by atoms with Gasteiger partial charge in [0.2, 0.25) is 0 Å². The Morgan fingerprint density at radius 1 is 1.31 bits per heavy atom. The highest BCUT2D eigenvalue weighted by Gasteiger charge is 2.15. The van der Waals surface area contributed by atoms with Crippen LogP contribution in [0.25, 0.3) is 0 Å². The zero-order valence-corrected chi connectivity index (χ0v) is 9.09. The molecular weight excluding hydrogens is 204 g/mol. The van der Waals surface area contributed by atoms with Gasteiger partial charge in [0, 0.05) is 12.5 Å². The second-order valence-electron chi connectivity index (χ2n) is 3.41. The lowest BCUT2D eigenvalue weighted by molar-refractivity contribution is -0.131. The topological polar surface area (TPSA) is 54.4 Å². The monoisotopic (exact) mass is 218 g/mol. The average Bonchev–Trinajstić information content (AvgIpc) is 2.30. The van der Waals surface area contributed by atoms with E-state index in [2.05, 4.69) is 0 Å². The maximum atomic E-state index is 11.7. The summed E-state index contributed by atoms with van der Waals surface area (Å²) in [7, 11) is 0. The van der Waals surface area contributed by atoms with Crippen LogP contribution in [0.3, 0.4) is 0 Å². The Hall–Kier alpha value is -1.90. The highest BCUT2D eigenvalue weighted by atomic mass is 16.4. The number of rotatable bonds is 5. The summed E-state index contributed by atoms with van der Waals surface area (Å²) in [5.74, 6) is -1.48. The van der Waals surface area contributed by atoms with Gasteiger partial charge in [-0.05, 0) is 5.56 Å². The maximum absolute atomic E-state index is 11.7. The quantitative estimate of drug-likeness (QED) is 0.772. The van der Waals surface area contributed by atoms with Crippen molar-refractivity contribution in [2.45, 2.75) is 19.3 Å². The number of ketones is 1. The molecule has 0 amide bonds. The van der Waals surface area contributed by atoms with Crippen molar-refractivity contribution in [3.8, 4) is 0 Å². The number of carboxylic acids is 1. The Kier molecular flexibility index (Phi) is 4.45. The van der Waals surface area contributed by atoms with Crippen molar-refractivity contribution in [2.24, 2.45) is 0 Å². The molecule has 0 aliphatic carbocycles. The van der Waals surface area contributed by atoms with Crippen LogP contribution in [-0.4, -0.2) is 16.9 Å². The number of carbonyl (C=O) groups excluding carboxylic acids is 1. The third-order valence-electron chi connectivity index (χ3n) is 2.29. The molecule has 16 heavy (non-hydrogen) atoms. The lowest BCUT2D eigenvalue weighted by Crippen LogP contribution is -2.09. The van der Waals surface area contributed by atoms with Crippen LogP contribution in [0.4, 0.5) is 0 Å². The number of carbonyl (C=O) groups is 2. The highest BCUT2D eigenvalue weighted by Crippen LogP contribution is 2.19. The summed E-state index contributed by atoms with van der Waals surface area (Å²) in [6, 6.07) is 9.17. The van der Waals surface area contributed by atoms with Crippen LogP contribution in [0.2, 0.25) is 0 Å². The molecule has 0 aliphatic heterocycles. The lowest BCUT2D eigenvalue weighted by atomic mass is 9.93. The second-order valence-corrected chi connectivity index (χ2v) is 3.41. The summed E-state index contributed by atoms with van der Waals surface area (Å²) < 4.78 is 0. The molecule has 1 atom stereocenters. The Morgan fingerprint density at radius 3 is 2.44 bits per heavy atom. The molecule has 1 N–H and O–H groups in total. The zero-order valence-electron chi connectivity index (χ0n) is 9.09. The first-order valence-electron chi connectivity index (χ1n) is 5.14. The molecule has 1 aromatic carbocycles. The Labute approximate surface area is 94.4 Å². The van der Waals surface area contributed by atoms with E-state index in [-0.39, 0.29) is 5.78 Å². The van der Waals surface area contributed by atoms with Gasteiger partial charge >= 0.3 is 5.97 Å². The first kappa shape index (κ1) is 12.2. The minimum absolute atomic E-state index is 0.0173. The minimum atomic E-state index is -1.04. The number of hydrogen-bond donors (Lipinski definition) is 1. The van der Waals surface area contributed by atoms with Gasteiger partial charge in [-0.2, -0.15) is 0 Å². The number of benzene rings is 1. The Bertz CT molecular complexity index is 393. The van der Waals surface area contributed by atoms with Crippen LogP contribution < -0.4 is 0 Å². The summed E-state index contributed by atoms with van der Waals surface area (Å²) >= 11 is 0. The summed E-state index contributed by atoms with van der Waals surface area (Å²) in [4.78, 5) is 22.1. The van der Waals surface area contributed by atoms with Crippen LogP contribution in [0.5, 0.6) is 0 Å². The fourth-order valence-corrected chi connectivity index (χ4v) is 1.46. The first-order valence-corrected chi connectivity index (χ1v) is 5.14. The highest BCUT2D eigenvalue weighted by molar-refractivity contribution is 5.89. The van der Waals surface area contributed by atoms with Crippen molar-refractivity contribution in [1.82, 2.24) is 0 Å². The number of carboxylic acid groups (broad SMARTS) is 1. The van der Waals surface area contributed by atoms with Crippen LogP contribution in [0.15, 0.2) is 42.5 Å². The molecular formula is C13H14O3. The summed E-state index contributed by atoms with van der Waals surface area (Å²) in [5.41, 5.74) is 0.826. The fourth-order valence-electron chi connectivity index (χ4n) is 1.46. The second kappa shape index (κ2) is 5.85. The molecule has 1 aromatic rings. The van der Waals surface area contributed by atoms with Gasteiger partial charge < -0.3 is 5.11 Å². The van der Waals surface area contributed by atoms with E-state index in [0.29, 0.717) is 6.42 Å². The van der Waals surface area contributed by atoms with Crippen molar-refractivity contribution in [2.75, 3.05) is 0 Å². The Morgan fingerprint density at radius 2 is 1.94 bits per heavy atom. The zero-order chi connectivity index (χ0) is 12.0. The van der Waals surface area contributed by atoms with Crippen molar-refractivity contribution in [1.29, 1.82) is 0 Å². The molecule has 0 radical (unpaired) electrons. The van der Waals surface area contributed by atoms with Crippen molar-refractivity contribution in [3.05, 3.63) is 48.0 Å². The van der Waals surface area contributed by atoms with E-state index in [0.717, 1.165) is 11.6 Å². The van der Waals surface area contributed by atoms with Gasteiger partial charge in [0.25, 0.3) is 0 Å². The van der Waals surface area contributed by atoms with E-state index in [4.69, 9.17) is 5.11 Å². The smallest absolute Gasteiger partial charge is 0.328 e. The van der Waals surface area contributed by atoms with Gasteiger partial charge in [-0.15, -0.1) is 0 Å². The van der Waals surface area contributed by atoms with Gasteiger partial charge in [-0.25, -0.2) is 4.79 Å². The summed E-state index contributed by atoms with van der Waals surface area (Å²) in [5, 5.41) is 8.57. The molecule has 0 saturated heterocycles. The number of Topliss-reactive ketones (excluding diaryl/α,β-unsaturated/α-hetero) is 1. The molecule has 0 heterocycles. The third-order valence-corrected chi connectivity index (χ3v) is 2.29. The first-order chi connectivity index (χ1) is 7.65. The average molecular weight is 218 g/mol. The summed E-state index contributed by atoms with van der Waals surface area (Å²) in [6.07, 6.45) is 2.85. The van der Waals surface area contributed by atoms with E-state index >= 15 is 0 Å².